The number of carboxylic acid groups (broad SMARTS) is 1. The Kier molecular flexibility index (Phi) is 4.75. The van der Waals surface area contributed by atoms with E-state index >= 15 is 0 Å². The van der Waals surface area contributed by atoms with Crippen molar-refractivity contribution in [3.8, 4) is 0 Å². The van der Waals surface area contributed by atoms with Gasteiger partial charge in [0.1, 0.15) is 5.92 Å². The lowest BCUT2D eigenvalue weighted by Gasteiger charge is -2.26. The van der Waals surface area contributed by atoms with Gasteiger partial charge in [0.25, 0.3) is 0 Å². The lowest BCUT2D eigenvalue weighted by molar-refractivity contribution is -0.139. The highest BCUT2D eigenvalue weighted by Gasteiger charge is 2.29. The van der Waals surface area contributed by atoms with Gasteiger partial charge in [0, 0.05) is 18.0 Å². The molecule has 1 saturated heterocycles. The molecule has 6 heteroatoms. The van der Waals surface area contributed by atoms with Crippen molar-refractivity contribution in [2.75, 3.05) is 31.5 Å². The summed E-state index contributed by atoms with van der Waals surface area (Å²) in [6.07, 6.45) is 6.64. The molecule has 2 aliphatic rings. The number of aliphatic carboxylic acids is 1. The molecule has 5 nitrogen and oxygen atoms in total. The van der Waals surface area contributed by atoms with Gasteiger partial charge >= 0.3 is 5.97 Å². The van der Waals surface area contributed by atoms with Gasteiger partial charge in [-0.1, -0.05) is 6.42 Å². The van der Waals surface area contributed by atoms with Crippen LogP contribution in [0.4, 0.5) is 5.13 Å². The van der Waals surface area contributed by atoms with E-state index in [2.05, 4.69) is 15.2 Å². The number of piperidine rings is 1. The molecule has 1 unspecified atom stereocenters. The molecule has 1 aromatic heterocycles. The summed E-state index contributed by atoms with van der Waals surface area (Å²) in [7, 11) is 0. The number of carbonyl (C=O) groups is 1. The van der Waals surface area contributed by atoms with E-state index in [1.165, 1.54) is 32.4 Å². The van der Waals surface area contributed by atoms with E-state index in [1.807, 2.05) is 0 Å². The van der Waals surface area contributed by atoms with Crippen LogP contribution in [0.3, 0.4) is 0 Å². The number of nitrogens with one attached hydrogen (secondary N) is 1. The van der Waals surface area contributed by atoms with Crippen LogP contribution in [0, 0.1) is 0 Å². The smallest absolute Gasteiger partial charge is 0.312 e. The Balaban J connectivity index is 1.55. The quantitative estimate of drug-likeness (QED) is 0.875. The summed E-state index contributed by atoms with van der Waals surface area (Å²) in [5.41, 5.74) is 0.805. The molecule has 2 N–H and O–H groups in total. The van der Waals surface area contributed by atoms with E-state index in [-0.39, 0.29) is 0 Å². The Morgan fingerprint density at radius 1 is 1.33 bits per heavy atom. The van der Waals surface area contributed by atoms with Crippen molar-refractivity contribution in [3.63, 3.8) is 0 Å². The molecule has 1 aliphatic carbocycles. The summed E-state index contributed by atoms with van der Waals surface area (Å²) in [6, 6.07) is 0. The molecule has 1 fully saturated rings. The molecule has 0 aromatic carbocycles. The highest BCUT2D eigenvalue weighted by Crippen LogP contribution is 2.36. The number of fused-ring (bicyclic) bond motifs is 1. The van der Waals surface area contributed by atoms with Gasteiger partial charge in [-0.15, -0.1) is 11.3 Å². The Morgan fingerprint density at radius 2 is 2.14 bits per heavy atom. The second-order valence-corrected chi connectivity index (χ2v) is 7.02. The van der Waals surface area contributed by atoms with Crippen molar-refractivity contribution in [1.82, 2.24) is 9.88 Å². The maximum Gasteiger partial charge on any atom is 0.312 e. The predicted octanol–water partition coefficient (Wildman–Crippen LogP) is 2.55. The largest absolute Gasteiger partial charge is 0.481 e. The van der Waals surface area contributed by atoms with Gasteiger partial charge in [0.15, 0.2) is 5.13 Å². The van der Waals surface area contributed by atoms with Gasteiger partial charge in [0.05, 0.1) is 5.69 Å². The molecule has 0 amide bonds. The molecule has 0 bridgehead atoms. The van der Waals surface area contributed by atoms with E-state index in [9.17, 15) is 9.90 Å². The standard InChI is InChI=1S/C15H23N3O2S/c19-14(20)11-5-4-6-12-13(11)17-15(21-12)16-7-10-18-8-2-1-3-9-18/h11H,1-10H2,(H,16,17)(H,19,20). The van der Waals surface area contributed by atoms with Gasteiger partial charge in [-0.05, 0) is 45.2 Å². The zero-order chi connectivity index (χ0) is 14.7. The summed E-state index contributed by atoms with van der Waals surface area (Å²) in [5.74, 6) is -1.14. The van der Waals surface area contributed by atoms with Gasteiger partial charge in [-0.25, -0.2) is 4.98 Å². The third-order valence-electron chi connectivity index (χ3n) is 4.41. The number of thiazole rings is 1. The molecule has 1 aliphatic heterocycles. The summed E-state index contributed by atoms with van der Waals surface area (Å²) in [5, 5.41) is 13.6. The normalized spacial score (nSPS) is 22.8. The van der Waals surface area contributed by atoms with Gasteiger partial charge < -0.3 is 15.3 Å². The summed E-state index contributed by atoms with van der Waals surface area (Å²) in [4.78, 5) is 19.5. The van der Waals surface area contributed by atoms with E-state index in [0.29, 0.717) is 0 Å². The SMILES string of the molecule is O=C(O)C1CCCc2sc(NCCN3CCCCC3)nc21. The third-order valence-corrected chi connectivity index (χ3v) is 5.49. The minimum Gasteiger partial charge on any atom is -0.481 e. The van der Waals surface area contributed by atoms with Crippen LogP contribution in [-0.2, 0) is 11.2 Å². The zero-order valence-electron chi connectivity index (χ0n) is 12.3. The molecule has 0 spiro atoms. The van der Waals surface area contributed by atoms with Crippen molar-refractivity contribution >= 4 is 22.4 Å². The number of likely N-dealkylation sites (tertiary alicyclic amines) is 1. The molecule has 116 valence electrons. The predicted molar refractivity (Wildman–Crippen MR) is 84.2 cm³/mol. The number of aromatic nitrogens is 1. The maximum atomic E-state index is 11.3. The maximum absolute atomic E-state index is 11.3. The van der Waals surface area contributed by atoms with Crippen LogP contribution >= 0.6 is 11.3 Å². The molecule has 21 heavy (non-hydrogen) atoms. The lowest BCUT2D eigenvalue weighted by atomic mass is 9.91. The number of anilines is 1. The fraction of sp³-hybridized carbons (Fsp3) is 0.733. The van der Waals surface area contributed by atoms with Crippen molar-refractivity contribution in [1.29, 1.82) is 0 Å². The number of nitrogens with zero attached hydrogens (tertiary/aromatic N) is 2. The Labute approximate surface area is 129 Å². The first kappa shape index (κ1) is 14.8. The highest BCUT2D eigenvalue weighted by atomic mass is 32.1. The van der Waals surface area contributed by atoms with E-state index in [1.54, 1.807) is 11.3 Å². The average Bonchev–Trinajstić information content (AvgIpc) is 2.90. The second kappa shape index (κ2) is 6.75. The van der Waals surface area contributed by atoms with Crippen LogP contribution in [0.5, 0.6) is 0 Å². The monoisotopic (exact) mass is 309 g/mol. The number of carboxylic acids is 1. The van der Waals surface area contributed by atoms with E-state index < -0.39 is 11.9 Å². The summed E-state index contributed by atoms with van der Waals surface area (Å²) < 4.78 is 0. The fourth-order valence-electron chi connectivity index (χ4n) is 3.24. The molecule has 3 rings (SSSR count). The van der Waals surface area contributed by atoms with Crippen molar-refractivity contribution in [2.45, 2.75) is 44.4 Å². The van der Waals surface area contributed by atoms with Crippen LogP contribution in [-0.4, -0.2) is 47.1 Å². The molecule has 1 aromatic rings. The van der Waals surface area contributed by atoms with Crippen LogP contribution in [0.15, 0.2) is 0 Å². The van der Waals surface area contributed by atoms with Crippen LogP contribution in [0.25, 0.3) is 0 Å². The first-order valence-electron chi connectivity index (χ1n) is 7.92. The Bertz CT molecular complexity index is 497. The fourth-order valence-corrected chi connectivity index (χ4v) is 4.33. The highest BCUT2D eigenvalue weighted by molar-refractivity contribution is 7.15. The third kappa shape index (κ3) is 3.55. The Morgan fingerprint density at radius 3 is 2.90 bits per heavy atom. The van der Waals surface area contributed by atoms with Crippen LogP contribution in [0.2, 0.25) is 0 Å². The minimum absolute atomic E-state index is 0.400. The number of rotatable bonds is 5. The lowest BCUT2D eigenvalue weighted by Crippen LogP contribution is -2.33. The number of aryl methyl sites for hydroxylation is 1. The minimum atomic E-state index is -0.735. The first-order valence-corrected chi connectivity index (χ1v) is 8.74. The van der Waals surface area contributed by atoms with E-state index in [4.69, 9.17) is 0 Å². The molecular formula is C15H23N3O2S. The van der Waals surface area contributed by atoms with Gasteiger partial charge in [0.2, 0.25) is 0 Å². The zero-order valence-corrected chi connectivity index (χ0v) is 13.1. The van der Waals surface area contributed by atoms with Gasteiger partial charge in [-0.3, -0.25) is 4.79 Å². The number of hydrogen-bond acceptors (Lipinski definition) is 5. The van der Waals surface area contributed by atoms with Crippen molar-refractivity contribution < 1.29 is 9.90 Å². The molecule has 0 saturated carbocycles. The topological polar surface area (TPSA) is 65.5 Å². The molecular weight excluding hydrogens is 286 g/mol. The van der Waals surface area contributed by atoms with Crippen LogP contribution in [0.1, 0.15) is 48.6 Å². The Hall–Kier alpha value is -1.14. The van der Waals surface area contributed by atoms with Crippen molar-refractivity contribution in [3.05, 3.63) is 10.6 Å². The summed E-state index contributed by atoms with van der Waals surface area (Å²) in [6.45, 7) is 4.35. The summed E-state index contributed by atoms with van der Waals surface area (Å²) >= 11 is 1.64. The van der Waals surface area contributed by atoms with Gasteiger partial charge in [-0.2, -0.15) is 0 Å². The van der Waals surface area contributed by atoms with E-state index in [0.717, 1.165) is 48.1 Å². The molecule has 0 radical (unpaired) electrons. The first-order chi connectivity index (χ1) is 10.2. The number of hydrogen-bond donors (Lipinski definition) is 2. The molecule has 2 heterocycles. The molecule has 1 atom stereocenters. The van der Waals surface area contributed by atoms with Crippen LogP contribution < -0.4 is 5.32 Å². The average molecular weight is 309 g/mol. The second-order valence-electron chi connectivity index (χ2n) is 5.94. The van der Waals surface area contributed by atoms with Crippen molar-refractivity contribution in [2.24, 2.45) is 0 Å².